The number of piperidine rings is 1. The second-order valence-electron chi connectivity index (χ2n) is 7.89. The van der Waals surface area contributed by atoms with Crippen molar-refractivity contribution in [3.63, 3.8) is 0 Å². The molecular weight excluding hydrogens is 415 g/mol. The van der Waals surface area contributed by atoms with Gasteiger partial charge in [-0.2, -0.15) is 5.10 Å². The van der Waals surface area contributed by atoms with Crippen LogP contribution in [0.3, 0.4) is 0 Å². The lowest BCUT2D eigenvalue weighted by Crippen LogP contribution is -2.39. The van der Waals surface area contributed by atoms with E-state index in [2.05, 4.69) is 20.3 Å². The number of nitrogens with one attached hydrogen (secondary N) is 1. The Morgan fingerprint density at radius 2 is 2.00 bits per heavy atom. The van der Waals surface area contributed by atoms with Gasteiger partial charge in [-0.1, -0.05) is 12.1 Å². The van der Waals surface area contributed by atoms with Crippen molar-refractivity contribution in [2.24, 2.45) is 13.0 Å². The van der Waals surface area contributed by atoms with Gasteiger partial charge in [-0.3, -0.25) is 9.69 Å². The maximum Gasteiger partial charge on any atom is 0.228 e. The van der Waals surface area contributed by atoms with Crippen LogP contribution in [0.25, 0.3) is 11.4 Å². The molecule has 0 bridgehead atoms. The molecule has 9 heteroatoms. The first kappa shape index (κ1) is 21.3. The van der Waals surface area contributed by atoms with E-state index in [1.165, 1.54) is 6.07 Å². The lowest BCUT2D eigenvalue weighted by atomic mass is 9.96. The minimum atomic E-state index is -0.326. The summed E-state index contributed by atoms with van der Waals surface area (Å²) in [5.74, 6) is 0.724. The Labute approximate surface area is 185 Å². The standard InChI is InChI=1S/C22H25FN6OS/c1-15-7-10-24-19(13-15)25-21(30)16-8-11-28(12-9-16)14-29-22(31)27(2)20(26-29)17-5-3-4-6-18(17)23/h3-7,10,13,16H,8-9,11-12,14H2,1-2H3,(H,24,25,30). The van der Waals surface area contributed by atoms with Crippen LogP contribution in [0.1, 0.15) is 18.4 Å². The molecule has 0 radical (unpaired) electrons. The van der Waals surface area contributed by atoms with Crippen molar-refractivity contribution in [2.75, 3.05) is 18.4 Å². The summed E-state index contributed by atoms with van der Waals surface area (Å²) in [5, 5.41) is 7.48. The van der Waals surface area contributed by atoms with E-state index >= 15 is 0 Å². The molecule has 1 saturated heterocycles. The van der Waals surface area contributed by atoms with Gasteiger partial charge in [0.1, 0.15) is 11.6 Å². The van der Waals surface area contributed by atoms with Crippen LogP contribution in [0.4, 0.5) is 10.2 Å². The summed E-state index contributed by atoms with van der Waals surface area (Å²) >= 11 is 5.52. The number of aryl methyl sites for hydroxylation is 1. The van der Waals surface area contributed by atoms with Crippen LogP contribution in [0, 0.1) is 23.4 Å². The second kappa shape index (κ2) is 9.07. The van der Waals surface area contributed by atoms with E-state index in [0.717, 1.165) is 31.5 Å². The zero-order valence-corrected chi connectivity index (χ0v) is 18.4. The van der Waals surface area contributed by atoms with E-state index in [-0.39, 0.29) is 17.6 Å². The topological polar surface area (TPSA) is 68.0 Å². The van der Waals surface area contributed by atoms with Gasteiger partial charge in [0.2, 0.25) is 5.91 Å². The van der Waals surface area contributed by atoms with Gasteiger partial charge < -0.3 is 9.88 Å². The molecule has 1 amide bonds. The number of anilines is 1. The zero-order valence-electron chi connectivity index (χ0n) is 17.6. The number of aromatic nitrogens is 4. The normalized spacial score (nSPS) is 15.2. The number of nitrogens with zero attached hydrogens (tertiary/aromatic N) is 5. The molecule has 0 spiro atoms. The van der Waals surface area contributed by atoms with E-state index in [4.69, 9.17) is 12.2 Å². The molecule has 3 heterocycles. The number of carbonyl (C=O) groups is 1. The summed E-state index contributed by atoms with van der Waals surface area (Å²) in [6.45, 7) is 3.99. The highest BCUT2D eigenvalue weighted by Gasteiger charge is 2.26. The van der Waals surface area contributed by atoms with Crippen LogP contribution >= 0.6 is 12.2 Å². The molecule has 1 aliphatic heterocycles. The predicted molar refractivity (Wildman–Crippen MR) is 119 cm³/mol. The minimum absolute atomic E-state index is 0.00837. The van der Waals surface area contributed by atoms with Gasteiger partial charge in [-0.15, -0.1) is 0 Å². The average Bonchev–Trinajstić information content (AvgIpc) is 3.03. The van der Waals surface area contributed by atoms with Crippen LogP contribution < -0.4 is 5.32 Å². The molecule has 1 aromatic carbocycles. The van der Waals surface area contributed by atoms with Crippen LogP contribution in [-0.4, -0.2) is 43.2 Å². The number of hydrogen-bond acceptors (Lipinski definition) is 5. The molecule has 2 aromatic heterocycles. The molecule has 0 saturated carbocycles. The number of likely N-dealkylation sites (tertiary alicyclic amines) is 1. The van der Waals surface area contributed by atoms with Crippen molar-refractivity contribution in [2.45, 2.75) is 26.4 Å². The Bertz CT molecular complexity index is 1150. The molecule has 0 atom stereocenters. The molecule has 7 nitrogen and oxygen atoms in total. The van der Waals surface area contributed by atoms with Crippen LogP contribution in [0.5, 0.6) is 0 Å². The van der Waals surface area contributed by atoms with Gasteiger partial charge in [0.05, 0.1) is 12.2 Å². The zero-order chi connectivity index (χ0) is 22.0. The summed E-state index contributed by atoms with van der Waals surface area (Å²) in [6.07, 6.45) is 3.19. The van der Waals surface area contributed by atoms with Crippen molar-refractivity contribution in [1.82, 2.24) is 24.2 Å². The largest absolute Gasteiger partial charge is 0.310 e. The van der Waals surface area contributed by atoms with Gasteiger partial charge in [0.15, 0.2) is 10.6 Å². The number of hydrogen-bond donors (Lipinski definition) is 1. The van der Waals surface area contributed by atoms with Crippen LogP contribution in [-0.2, 0) is 18.5 Å². The first-order chi connectivity index (χ1) is 14.9. The minimum Gasteiger partial charge on any atom is -0.310 e. The maximum atomic E-state index is 14.2. The number of pyridine rings is 1. The molecule has 1 fully saturated rings. The third kappa shape index (κ3) is 4.72. The van der Waals surface area contributed by atoms with Crippen LogP contribution in [0.2, 0.25) is 0 Å². The number of benzene rings is 1. The lowest BCUT2D eigenvalue weighted by Gasteiger charge is -2.30. The molecule has 0 aliphatic carbocycles. The molecule has 3 aromatic rings. The van der Waals surface area contributed by atoms with Gasteiger partial charge in [0, 0.05) is 32.3 Å². The fraction of sp³-hybridized carbons (Fsp3) is 0.364. The van der Waals surface area contributed by atoms with Crippen molar-refractivity contribution < 1.29 is 9.18 Å². The molecule has 162 valence electrons. The van der Waals surface area contributed by atoms with Crippen LogP contribution in [0.15, 0.2) is 42.6 Å². The predicted octanol–water partition coefficient (Wildman–Crippen LogP) is 3.77. The van der Waals surface area contributed by atoms with Gasteiger partial charge >= 0.3 is 0 Å². The van der Waals surface area contributed by atoms with Crippen molar-refractivity contribution in [3.8, 4) is 11.4 Å². The molecule has 0 unspecified atom stereocenters. The van der Waals surface area contributed by atoms with Crippen molar-refractivity contribution in [1.29, 1.82) is 0 Å². The second-order valence-corrected chi connectivity index (χ2v) is 8.25. The molecule has 1 aliphatic rings. The van der Waals surface area contributed by atoms with E-state index in [1.807, 2.05) is 19.1 Å². The molecular formula is C22H25FN6OS. The summed E-state index contributed by atoms with van der Waals surface area (Å²) < 4.78 is 18.2. The summed E-state index contributed by atoms with van der Waals surface area (Å²) in [4.78, 5) is 19.0. The van der Waals surface area contributed by atoms with Gasteiger partial charge in [-0.25, -0.2) is 14.1 Å². The quantitative estimate of drug-likeness (QED) is 0.612. The van der Waals surface area contributed by atoms with Gasteiger partial charge in [0.25, 0.3) is 0 Å². The van der Waals surface area contributed by atoms with E-state index in [1.54, 1.807) is 40.7 Å². The molecule has 31 heavy (non-hydrogen) atoms. The Hall–Kier alpha value is -2.91. The maximum absolute atomic E-state index is 14.2. The average molecular weight is 441 g/mol. The highest BCUT2D eigenvalue weighted by atomic mass is 32.1. The third-order valence-corrected chi connectivity index (χ3v) is 6.10. The molecule has 1 N–H and O–H groups in total. The third-order valence-electron chi connectivity index (χ3n) is 5.61. The first-order valence-corrected chi connectivity index (χ1v) is 10.7. The summed E-state index contributed by atoms with van der Waals surface area (Å²) in [5.41, 5.74) is 1.48. The fourth-order valence-corrected chi connectivity index (χ4v) is 4.00. The number of carbonyl (C=O) groups excluding carboxylic acids is 1. The van der Waals surface area contributed by atoms with E-state index in [9.17, 15) is 9.18 Å². The highest BCUT2D eigenvalue weighted by Crippen LogP contribution is 2.23. The number of halogens is 1. The van der Waals surface area contributed by atoms with Crippen molar-refractivity contribution >= 4 is 23.9 Å². The smallest absolute Gasteiger partial charge is 0.228 e. The Kier molecular flexibility index (Phi) is 6.24. The summed E-state index contributed by atoms with van der Waals surface area (Å²) in [6, 6.07) is 10.3. The Balaban J connectivity index is 1.38. The lowest BCUT2D eigenvalue weighted by molar-refractivity contribution is -0.121. The first-order valence-electron chi connectivity index (χ1n) is 10.3. The SMILES string of the molecule is Cc1ccnc(NC(=O)C2CCN(Cn3nc(-c4ccccc4F)n(C)c3=S)CC2)c1. The van der Waals surface area contributed by atoms with Gasteiger partial charge in [-0.05, 0) is 61.8 Å². The van der Waals surface area contributed by atoms with E-state index in [0.29, 0.717) is 28.6 Å². The number of rotatable bonds is 5. The van der Waals surface area contributed by atoms with Crippen molar-refractivity contribution in [3.05, 3.63) is 58.7 Å². The van der Waals surface area contributed by atoms with E-state index < -0.39 is 0 Å². The monoisotopic (exact) mass is 440 g/mol. The highest BCUT2D eigenvalue weighted by molar-refractivity contribution is 7.71. The summed E-state index contributed by atoms with van der Waals surface area (Å²) in [7, 11) is 1.80. The Morgan fingerprint density at radius 3 is 2.71 bits per heavy atom. The Morgan fingerprint density at radius 1 is 1.26 bits per heavy atom. The fourth-order valence-electron chi connectivity index (χ4n) is 3.82. The molecule has 4 rings (SSSR count). The number of amides is 1.